The molecular weight excluding hydrogens is 446 g/mol. The number of nitrogens with zero attached hydrogens (tertiary/aromatic N) is 5. The summed E-state index contributed by atoms with van der Waals surface area (Å²) in [6.07, 6.45) is 4.38. The number of hydrogen-bond acceptors (Lipinski definition) is 7. The molecule has 1 aromatic carbocycles. The van der Waals surface area contributed by atoms with Gasteiger partial charge in [-0.2, -0.15) is 4.31 Å². The van der Waals surface area contributed by atoms with Crippen LogP contribution in [0.3, 0.4) is 0 Å². The molecule has 1 fully saturated rings. The Kier molecular flexibility index (Phi) is 6.85. The third kappa shape index (κ3) is 4.83. The van der Waals surface area contributed by atoms with E-state index in [4.69, 9.17) is 16.6 Å². The molecule has 32 heavy (non-hydrogen) atoms. The maximum Gasteiger partial charge on any atom is 0.288 e. The summed E-state index contributed by atoms with van der Waals surface area (Å²) in [5.74, 6) is 0.836. The second-order valence-corrected chi connectivity index (χ2v) is 10.2. The summed E-state index contributed by atoms with van der Waals surface area (Å²) in [5.41, 5.74) is 1.92. The fourth-order valence-electron chi connectivity index (χ4n) is 3.66. The van der Waals surface area contributed by atoms with E-state index in [0.29, 0.717) is 49.6 Å². The maximum absolute atomic E-state index is 13.1. The smallest absolute Gasteiger partial charge is 0.288 e. The Bertz CT molecular complexity index is 1200. The highest BCUT2D eigenvalue weighted by molar-refractivity contribution is 7.89. The van der Waals surface area contributed by atoms with Crippen molar-refractivity contribution in [1.29, 1.82) is 0 Å². The molecule has 0 saturated carbocycles. The Balaban J connectivity index is 1.39. The van der Waals surface area contributed by atoms with Crippen molar-refractivity contribution < 1.29 is 12.8 Å². The van der Waals surface area contributed by atoms with Gasteiger partial charge in [-0.25, -0.2) is 13.1 Å². The number of rotatable bonds is 7. The molecule has 8 nitrogen and oxygen atoms in total. The lowest BCUT2D eigenvalue weighted by Gasteiger charge is -2.33. The van der Waals surface area contributed by atoms with E-state index in [9.17, 15) is 8.42 Å². The van der Waals surface area contributed by atoms with E-state index in [0.717, 1.165) is 17.5 Å². The second kappa shape index (κ2) is 9.62. The first kappa shape index (κ1) is 22.8. The lowest BCUT2D eigenvalue weighted by molar-refractivity contribution is 0.143. The van der Waals surface area contributed by atoms with E-state index in [-0.39, 0.29) is 4.84 Å². The fraction of sp³-hybridized carbons (Fsp3) is 0.409. The normalized spacial score (nSPS) is 16.8. The predicted molar refractivity (Wildman–Crippen MR) is 124 cm³/mol. The molecule has 0 bridgehead atoms. The van der Waals surface area contributed by atoms with Crippen LogP contribution >= 0.6 is 12.2 Å². The molecule has 0 unspecified atom stereocenters. The lowest BCUT2D eigenvalue weighted by atomic mass is 9.99. The van der Waals surface area contributed by atoms with Crippen LogP contribution in [0.2, 0.25) is 0 Å². The monoisotopic (exact) mass is 473 g/mol. The summed E-state index contributed by atoms with van der Waals surface area (Å²) in [6, 6.07) is 10.9. The predicted octanol–water partition coefficient (Wildman–Crippen LogP) is 3.75. The molecule has 0 radical (unpaired) electrons. The minimum absolute atomic E-state index is 0.278. The average molecular weight is 474 g/mol. The molecule has 4 rings (SSSR count). The molecule has 1 atom stereocenters. The quantitative estimate of drug-likeness (QED) is 0.483. The Hall–Kier alpha value is -2.40. The molecule has 1 aliphatic heterocycles. The minimum Gasteiger partial charge on any atom is -0.409 e. The standard InChI is InChI=1S/C22H27N5O3S2/c1-3-17(2)18-6-8-20(9-7-18)32(28,29)26-13-11-25(12-14-26)16-27-22(31)30-21(24-27)19-5-4-10-23-15-19/h4-10,15,17H,3,11-14,16H2,1-2H3/t17-/m0/s1. The first-order valence-corrected chi connectivity index (χ1v) is 12.5. The molecule has 1 saturated heterocycles. The van der Waals surface area contributed by atoms with Crippen molar-refractivity contribution in [3.05, 3.63) is 59.2 Å². The third-order valence-corrected chi connectivity index (χ3v) is 8.09. The largest absolute Gasteiger partial charge is 0.409 e. The van der Waals surface area contributed by atoms with Gasteiger partial charge in [0.1, 0.15) is 0 Å². The van der Waals surface area contributed by atoms with E-state index >= 15 is 0 Å². The van der Waals surface area contributed by atoms with E-state index in [2.05, 4.69) is 28.8 Å². The molecule has 3 aromatic rings. The molecule has 0 aliphatic carbocycles. The topological polar surface area (TPSA) is 84.5 Å². The van der Waals surface area contributed by atoms with Crippen molar-refractivity contribution in [1.82, 2.24) is 24.0 Å². The number of piperazine rings is 1. The number of pyridine rings is 1. The van der Waals surface area contributed by atoms with Crippen LogP contribution < -0.4 is 0 Å². The van der Waals surface area contributed by atoms with Crippen LogP contribution in [0.25, 0.3) is 11.5 Å². The number of sulfonamides is 1. The molecule has 0 spiro atoms. The van der Waals surface area contributed by atoms with E-state index in [1.165, 1.54) is 0 Å². The Morgan fingerprint density at radius 1 is 1.12 bits per heavy atom. The molecule has 3 heterocycles. The van der Waals surface area contributed by atoms with Crippen LogP contribution in [0.4, 0.5) is 0 Å². The third-order valence-electron chi connectivity index (χ3n) is 5.88. The van der Waals surface area contributed by atoms with Gasteiger partial charge in [0, 0.05) is 38.6 Å². The molecule has 1 aliphatic rings. The van der Waals surface area contributed by atoms with Crippen molar-refractivity contribution in [2.75, 3.05) is 26.2 Å². The zero-order valence-corrected chi connectivity index (χ0v) is 19.8. The Labute approximate surface area is 193 Å². The lowest BCUT2D eigenvalue weighted by Crippen LogP contribution is -2.48. The van der Waals surface area contributed by atoms with Gasteiger partial charge in [-0.1, -0.05) is 26.0 Å². The first-order valence-electron chi connectivity index (χ1n) is 10.7. The van der Waals surface area contributed by atoms with Crippen molar-refractivity contribution in [2.24, 2.45) is 0 Å². The Morgan fingerprint density at radius 3 is 2.47 bits per heavy atom. The number of benzene rings is 1. The van der Waals surface area contributed by atoms with Gasteiger partial charge in [0.05, 0.1) is 17.1 Å². The number of aromatic nitrogens is 3. The summed E-state index contributed by atoms with van der Waals surface area (Å²) >= 11 is 5.31. The highest BCUT2D eigenvalue weighted by atomic mass is 32.2. The van der Waals surface area contributed by atoms with Crippen molar-refractivity contribution in [2.45, 2.75) is 37.8 Å². The molecule has 0 amide bonds. The van der Waals surface area contributed by atoms with Gasteiger partial charge < -0.3 is 4.42 Å². The molecule has 0 N–H and O–H groups in total. The van der Waals surface area contributed by atoms with E-state index < -0.39 is 10.0 Å². The SMILES string of the molecule is CC[C@H](C)c1ccc(S(=O)(=O)N2CCN(Cn3nc(-c4cccnc4)oc3=S)CC2)cc1. The fourth-order valence-corrected chi connectivity index (χ4v) is 5.26. The molecule has 2 aromatic heterocycles. The summed E-state index contributed by atoms with van der Waals surface area (Å²) in [7, 11) is -3.51. The van der Waals surface area contributed by atoms with E-state index in [1.807, 2.05) is 24.3 Å². The zero-order chi connectivity index (χ0) is 22.7. The molecule has 170 valence electrons. The zero-order valence-electron chi connectivity index (χ0n) is 18.2. The van der Waals surface area contributed by atoms with Gasteiger partial charge in [0.15, 0.2) is 0 Å². The summed E-state index contributed by atoms with van der Waals surface area (Å²) in [5, 5.41) is 4.45. The maximum atomic E-state index is 13.1. The Morgan fingerprint density at radius 2 is 1.84 bits per heavy atom. The van der Waals surface area contributed by atoms with Gasteiger partial charge in [0.25, 0.3) is 4.84 Å². The van der Waals surface area contributed by atoms with Crippen molar-refractivity contribution in [3.63, 3.8) is 0 Å². The first-order chi connectivity index (χ1) is 15.4. The highest BCUT2D eigenvalue weighted by Crippen LogP contribution is 2.23. The van der Waals surface area contributed by atoms with Gasteiger partial charge in [-0.15, -0.1) is 5.10 Å². The van der Waals surface area contributed by atoms with Gasteiger partial charge >= 0.3 is 0 Å². The summed E-state index contributed by atoms with van der Waals surface area (Å²) < 4.78 is 34.9. The van der Waals surface area contributed by atoms with E-state index in [1.54, 1.807) is 33.5 Å². The summed E-state index contributed by atoms with van der Waals surface area (Å²) in [4.78, 5) is 6.81. The van der Waals surface area contributed by atoms with Crippen LogP contribution in [0.1, 0.15) is 31.7 Å². The minimum atomic E-state index is -3.51. The van der Waals surface area contributed by atoms with Crippen LogP contribution in [0.15, 0.2) is 58.1 Å². The van der Waals surface area contributed by atoms with Crippen LogP contribution in [-0.2, 0) is 16.7 Å². The van der Waals surface area contributed by atoms with Crippen molar-refractivity contribution >= 4 is 22.2 Å². The van der Waals surface area contributed by atoms with Crippen LogP contribution in [0.5, 0.6) is 0 Å². The van der Waals surface area contributed by atoms with Gasteiger partial charge in [-0.3, -0.25) is 9.88 Å². The molecule has 10 heteroatoms. The summed E-state index contributed by atoms with van der Waals surface area (Å²) in [6.45, 7) is 6.71. The van der Waals surface area contributed by atoms with Crippen LogP contribution in [0, 0.1) is 4.84 Å². The average Bonchev–Trinajstić information content (AvgIpc) is 3.19. The molecular formula is C22H27N5O3S2. The second-order valence-electron chi connectivity index (χ2n) is 7.96. The highest BCUT2D eigenvalue weighted by Gasteiger charge is 2.29. The number of hydrogen-bond donors (Lipinski definition) is 0. The van der Waals surface area contributed by atoms with Gasteiger partial charge in [-0.05, 0) is 54.4 Å². The van der Waals surface area contributed by atoms with Crippen LogP contribution in [-0.4, -0.2) is 58.6 Å². The van der Waals surface area contributed by atoms with Crippen molar-refractivity contribution in [3.8, 4) is 11.5 Å². The van der Waals surface area contributed by atoms with Gasteiger partial charge in [0.2, 0.25) is 15.9 Å².